The van der Waals surface area contributed by atoms with Crippen LogP contribution in [0.1, 0.15) is 51.4 Å². The van der Waals surface area contributed by atoms with Gasteiger partial charge in [0, 0.05) is 0 Å². The number of carboxylic acids is 2. The fraction of sp³-hybridized carbons (Fsp3) is 0.875. The standard InChI is InChI=1S/2C8H15NO2/c2*9-5-6-1-3-7(4-2-6)8(10)11/h2*6-7H,1-5,9H2,(H,10,11)/t6-,7-;. The molecular weight excluding hydrogens is 284 g/mol. The fourth-order valence-corrected chi connectivity index (χ4v) is 3.29. The van der Waals surface area contributed by atoms with E-state index < -0.39 is 11.9 Å². The minimum Gasteiger partial charge on any atom is -0.481 e. The third kappa shape index (κ3) is 6.32. The Bertz CT molecular complexity index is 312. The van der Waals surface area contributed by atoms with E-state index in [0.717, 1.165) is 51.4 Å². The van der Waals surface area contributed by atoms with Gasteiger partial charge in [-0.2, -0.15) is 0 Å². The predicted molar refractivity (Wildman–Crippen MR) is 84.3 cm³/mol. The maximum Gasteiger partial charge on any atom is 0.306 e. The second kappa shape index (κ2) is 9.79. The minimum atomic E-state index is -0.638. The summed E-state index contributed by atoms with van der Waals surface area (Å²) >= 11 is 0. The molecule has 2 fully saturated rings. The monoisotopic (exact) mass is 314 g/mol. The van der Waals surface area contributed by atoms with Crippen LogP contribution in [0.3, 0.4) is 0 Å². The molecule has 0 aromatic rings. The van der Waals surface area contributed by atoms with Crippen LogP contribution in [0.15, 0.2) is 0 Å². The van der Waals surface area contributed by atoms with Crippen molar-refractivity contribution < 1.29 is 19.8 Å². The lowest BCUT2D eigenvalue weighted by atomic mass is 9.82. The molecule has 0 unspecified atom stereocenters. The van der Waals surface area contributed by atoms with Gasteiger partial charge in [-0.15, -0.1) is 0 Å². The van der Waals surface area contributed by atoms with E-state index in [0.29, 0.717) is 24.9 Å². The van der Waals surface area contributed by atoms with Crippen molar-refractivity contribution >= 4 is 11.9 Å². The maximum absolute atomic E-state index is 10.5. The van der Waals surface area contributed by atoms with Gasteiger partial charge in [0.1, 0.15) is 0 Å². The zero-order valence-electron chi connectivity index (χ0n) is 13.2. The highest BCUT2D eigenvalue weighted by molar-refractivity contribution is 5.70. The lowest BCUT2D eigenvalue weighted by Crippen LogP contribution is -2.25. The van der Waals surface area contributed by atoms with Crippen LogP contribution in [-0.4, -0.2) is 35.2 Å². The maximum atomic E-state index is 10.5. The first-order valence-corrected chi connectivity index (χ1v) is 8.33. The highest BCUT2D eigenvalue weighted by Crippen LogP contribution is 2.28. The Morgan fingerprint density at radius 1 is 0.682 bits per heavy atom. The summed E-state index contributed by atoms with van der Waals surface area (Å²) in [7, 11) is 0. The molecule has 22 heavy (non-hydrogen) atoms. The van der Waals surface area contributed by atoms with Crippen molar-refractivity contribution in [1.82, 2.24) is 0 Å². The zero-order valence-corrected chi connectivity index (χ0v) is 13.2. The summed E-state index contributed by atoms with van der Waals surface area (Å²) in [5.74, 6) is -0.326. The average Bonchev–Trinajstić information content (AvgIpc) is 2.55. The van der Waals surface area contributed by atoms with Crippen LogP contribution >= 0.6 is 0 Å². The molecule has 2 saturated carbocycles. The second-order valence-corrected chi connectivity index (χ2v) is 6.58. The normalized spacial score (nSPS) is 31.7. The van der Waals surface area contributed by atoms with Crippen LogP contribution in [0.25, 0.3) is 0 Å². The Labute approximate surface area is 132 Å². The largest absolute Gasteiger partial charge is 0.481 e. The summed E-state index contributed by atoms with van der Waals surface area (Å²) in [6.07, 6.45) is 7.24. The molecule has 0 bridgehead atoms. The number of rotatable bonds is 4. The van der Waals surface area contributed by atoms with Gasteiger partial charge >= 0.3 is 11.9 Å². The number of nitrogens with two attached hydrogens (primary N) is 2. The average molecular weight is 314 g/mol. The molecule has 0 heterocycles. The molecule has 6 N–H and O–H groups in total. The molecule has 128 valence electrons. The summed E-state index contributed by atoms with van der Waals surface area (Å²) in [6, 6.07) is 0. The number of carbonyl (C=O) groups is 2. The van der Waals surface area contributed by atoms with E-state index in [2.05, 4.69) is 0 Å². The highest BCUT2D eigenvalue weighted by atomic mass is 16.4. The molecule has 2 aliphatic carbocycles. The SMILES string of the molecule is NCC1CCC(C(=O)O)CC1.NC[C@H]1CC[C@H](C(=O)O)CC1. The topological polar surface area (TPSA) is 127 Å². The Hall–Kier alpha value is -1.14. The minimum absolute atomic E-state index is 0.0993. The highest BCUT2D eigenvalue weighted by Gasteiger charge is 2.25. The molecule has 0 aromatic carbocycles. The Morgan fingerprint density at radius 2 is 0.955 bits per heavy atom. The number of aliphatic carboxylic acids is 2. The molecule has 0 aromatic heterocycles. The molecule has 0 radical (unpaired) electrons. The quantitative estimate of drug-likeness (QED) is 0.625. The van der Waals surface area contributed by atoms with E-state index in [1.54, 1.807) is 0 Å². The first kappa shape index (κ1) is 18.9. The van der Waals surface area contributed by atoms with Gasteiger partial charge in [0.05, 0.1) is 11.8 Å². The number of hydrogen-bond donors (Lipinski definition) is 4. The van der Waals surface area contributed by atoms with Crippen LogP contribution < -0.4 is 11.5 Å². The van der Waals surface area contributed by atoms with Crippen LogP contribution in [0.4, 0.5) is 0 Å². The van der Waals surface area contributed by atoms with Gasteiger partial charge < -0.3 is 21.7 Å². The molecular formula is C16H30N2O4. The summed E-state index contributed by atoms with van der Waals surface area (Å²) in [6.45, 7) is 1.43. The van der Waals surface area contributed by atoms with Crippen LogP contribution in [0.2, 0.25) is 0 Å². The predicted octanol–water partition coefficient (Wildman–Crippen LogP) is 1.67. The Balaban J connectivity index is 0.000000220. The Morgan fingerprint density at radius 3 is 1.14 bits per heavy atom. The number of carboxylic acid groups (broad SMARTS) is 2. The van der Waals surface area contributed by atoms with Crippen molar-refractivity contribution in [1.29, 1.82) is 0 Å². The van der Waals surface area contributed by atoms with Gasteiger partial charge in [-0.05, 0) is 76.3 Å². The fourth-order valence-electron chi connectivity index (χ4n) is 3.29. The van der Waals surface area contributed by atoms with E-state index in [1.165, 1.54) is 0 Å². The van der Waals surface area contributed by atoms with Crippen molar-refractivity contribution in [3.05, 3.63) is 0 Å². The van der Waals surface area contributed by atoms with Crippen LogP contribution in [-0.2, 0) is 9.59 Å². The van der Waals surface area contributed by atoms with E-state index >= 15 is 0 Å². The summed E-state index contributed by atoms with van der Waals surface area (Å²) in [5.41, 5.74) is 11.0. The zero-order chi connectivity index (χ0) is 16.5. The lowest BCUT2D eigenvalue weighted by molar-refractivity contribution is -0.144. The number of hydrogen-bond acceptors (Lipinski definition) is 4. The van der Waals surface area contributed by atoms with E-state index in [1.807, 2.05) is 0 Å². The van der Waals surface area contributed by atoms with E-state index in [9.17, 15) is 9.59 Å². The molecule has 0 amide bonds. The van der Waals surface area contributed by atoms with Gasteiger partial charge in [-0.25, -0.2) is 0 Å². The third-order valence-corrected chi connectivity index (χ3v) is 5.06. The molecule has 6 nitrogen and oxygen atoms in total. The van der Waals surface area contributed by atoms with Gasteiger partial charge in [-0.3, -0.25) is 9.59 Å². The molecule has 2 rings (SSSR count). The van der Waals surface area contributed by atoms with Crippen molar-refractivity contribution in [3.63, 3.8) is 0 Å². The van der Waals surface area contributed by atoms with Gasteiger partial charge in [-0.1, -0.05) is 0 Å². The summed E-state index contributed by atoms with van der Waals surface area (Å²) in [5, 5.41) is 17.3. The van der Waals surface area contributed by atoms with E-state index in [4.69, 9.17) is 21.7 Å². The first-order chi connectivity index (χ1) is 10.5. The van der Waals surface area contributed by atoms with Crippen molar-refractivity contribution in [2.24, 2.45) is 35.1 Å². The molecule has 0 atom stereocenters. The molecule has 0 aliphatic heterocycles. The van der Waals surface area contributed by atoms with Crippen LogP contribution in [0.5, 0.6) is 0 Å². The molecule has 6 heteroatoms. The summed E-state index contributed by atoms with van der Waals surface area (Å²) < 4.78 is 0. The smallest absolute Gasteiger partial charge is 0.306 e. The molecule has 0 saturated heterocycles. The van der Waals surface area contributed by atoms with E-state index in [-0.39, 0.29) is 11.8 Å². The molecule has 2 aliphatic rings. The first-order valence-electron chi connectivity index (χ1n) is 8.33. The molecule has 0 spiro atoms. The van der Waals surface area contributed by atoms with Gasteiger partial charge in [0.25, 0.3) is 0 Å². The third-order valence-electron chi connectivity index (χ3n) is 5.06. The Kier molecular flexibility index (Phi) is 8.42. The summed E-state index contributed by atoms with van der Waals surface area (Å²) in [4.78, 5) is 21.0. The van der Waals surface area contributed by atoms with Crippen molar-refractivity contribution in [3.8, 4) is 0 Å². The van der Waals surface area contributed by atoms with Crippen molar-refractivity contribution in [2.75, 3.05) is 13.1 Å². The second-order valence-electron chi connectivity index (χ2n) is 6.58. The van der Waals surface area contributed by atoms with Crippen molar-refractivity contribution in [2.45, 2.75) is 51.4 Å². The van der Waals surface area contributed by atoms with Gasteiger partial charge in [0.2, 0.25) is 0 Å². The van der Waals surface area contributed by atoms with Gasteiger partial charge in [0.15, 0.2) is 0 Å². The lowest BCUT2D eigenvalue weighted by Gasteiger charge is -2.24. The van der Waals surface area contributed by atoms with Crippen LogP contribution in [0, 0.1) is 23.7 Å².